The number of carbonyl (C=O) groups excluding carboxylic acids is 1. The Morgan fingerprint density at radius 2 is 2.03 bits per heavy atom. The van der Waals surface area contributed by atoms with Crippen LogP contribution in [0.2, 0.25) is 5.02 Å². The standard InChI is InChI=1S/C19H17ClN4O2S3/c1-13(9-15-6-4-8-26-15)10-21-22-17(25)12-28-19-24-23-18(29-19)27-11-14-5-2-3-7-16(14)20/h2-10H,11-12H2,1H3,(H,22,25). The Hall–Kier alpha value is -2.07. The molecule has 150 valence electrons. The highest BCUT2D eigenvalue weighted by molar-refractivity contribution is 8.03. The second-order valence-corrected chi connectivity index (χ2v) is 9.53. The van der Waals surface area contributed by atoms with Crippen LogP contribution < -0.4 is 5.43 Å². The third-order valence-electron chi connectivity index (χ3n) is 3.39. The highest BCUT2D eigenvalue weighted by Crippen LogP contribution is 2.32. The maximum atomic E-state index is 11.9. The zero-order valence-electron chi connectivity index (χ0n) is 15.4. The molecule has 1 amide bonds. The first-order valence-corrected chi connectivity index (χ1v) is 11.6. The molecule has 1 N–H and O–H groups in total. The third-order valence-corrected chi connectivity index (χ3v) is 7.00. The van der Waals surface area contributed by atoms with Gasteiger partial charge in [0.25, 0.3) is 5.91 Å². The quantitative estimate of drug-likeness (QED) is 0.260. The summed E-state index contributed by atoms with van der Waals surface area (Å²) in [5, 5.41) is 12.9. The van der Waals surface area contributed by atoms with Gasteiger partial charge >= 0.3 is 0 Å². The molecule has 0 unspecified atom stereocenters. The highest BCUT2D eigenvalue weighted by atomic mass is 35.5. The van der Waals surface area contributed by atoms with Crippen LogP contribution in [-0.2, 0) is 10.5 Å². The molecule has 2 heterocycles. The van der Waals surface area contributed by atoms with Crippen molar-refractivity contribution < 1.29 is 9.21 Å². The Balaban J connectivity index is 1.40. The number of nitrogens with zero attached hydrogens (tertiary/aromatic N) is 3. The Kier molecular flexibility index (Phi) is 8.36. The predicted molar refractivity (Wildman–Crippen MR) is 121 cm³/mol. The van der Waals surface area contributed by atoms with Gasteiger partial charge in [0.15, 0.2) is 8.68 Å². The topological polar surface area (TPSA) is 80.4 Å². The molecule has 1 aromatic carbocycles. The van der Waals surface area contributed by atoms with E-state index in [1.54, 1.807) is 24.2 Å². The van der Waals surface area contributed by atoms with Gasteiger partial charge < -0.3 is 4.42 Å². The van der Waals surface area contributed by atoms with E-state index in [-0.39, 0.29) is 11.7 Å². The Labute approximate surface area is 185 Å². The summed E-state index contributed by atoms with van der Waals surface area (Å²) in [4.78, 5) is 11.9. The van der Waals surface area contributed by atoms with Gasteiger partial charge in [-0.25, -0.2) is 5.43 Å². The van der Waals surface area contributed by atoms with Crippen LogP contribution in [0.1, 0.15) is 18.2 Å². The average Bonchev–Trinajstić information content (AvgIpc) is 3.38. The van der Waals surface area contributed by atoms with Gasteiger partial charge in [-0.3, -0.25) is 4.79 Å². The number of thioether (sulfide) groups is 2. The lowest BCUT2D eigenvalue weighted by atomic mass is 10.2. The van der Waals surface area contributed by atoms with Gasteiger partial charge in [-0.1, -0.05) is 64.7 Å². The number of furan rings is 1. The van der Waals surface area contributed by atoms with Gasteiger partial charge in [0.1, 0.15) is 5.76 Å². The molecule has 0 aliphatic carbocycles. The number of rotatable bonds is 9. The second kappa shape index (κ2) is 11.2. The van der Waals surface area contributed by atoms with E-state index in [0.29, 0.717) is 0 Å². The Bertz CT molecular complexity index is 1000. The van der Waals surface area contributed by atoms with Gasteiger partial charge in [-0.05, 0) is 42.3 Å². The molecule has 0 spiro atoms. The summed E-state index contributed by atoms with van der Waals surface area (Å²) >= 11 is 10.5. The fraction of sp³-hybridized carbons (Fsp3) is 0.158. The number of aromatic nitrogens is 2. The summed E-state index contributed by atoms with van der Waals surface area (Å²) in [6.07, 6.45) is 5.00. The van der Waals surface area contributed by atoms with E-state index in [9.17, 15) is 4.79 Å². The molecule has 2 aromatic heterocycles. The number of nitrogens with one attached hydrogen (secondary N) is 1. The van der Waals surface area contributed by atoms with Gasteiger partial charge in [0.2, 0.25) is 0 Å². The third kappa shape index (κ3) is 7.36. The van der Waals surface area contributed by atoms with Gasteiger partial charge in [-0.2, -0.15) is 5.10 Å². The van der Waals surface area contributed by atoms with Gasteiger partial charge in [0, 0.05) is 10.8 Å². The molecule has 0 saturated heterocycles. The van der Waals surface area contributed by atoms with Crippen LogP contribution in [0, 0.1) is 0 Å². The van der Waals surface area contributed by atoms with E-state index >= 15 is 0 Å². The number of hydrogen-bond acceptors (Lipinski definition) is 8. The first-order chi connectivity index (χ1) is 14.1. The van der Waals surface area contributed by atoms with Crippen molar-refractivity contribution in [2.24, 2.45) is 5.10 Å². The van der Waals surface area contributed by atoms with Crippen molar-refractivity contribution >= 4 is 64.7 Å². The largest absolute Gasteiger partial charge is 0.465 e. The van der Waals surface area contributed by atoms with E-state index in [1.165, 1.54) is 23.1 Å². The average molecular weight is 465 g/mol. The van der Waals surface area contributed by atoms with Crippen LogP contribution in [0.4, 0.5) is 0 Å². The maximum Gasteiger partial charge on any atom is 0.250 e. The number of benzene rings is 1. The summed E-state index contributed by atoms with van der Waals surface area (Å²) in [5.41, 5.74) is 4.41. The molecule has 29 heavy (non-hydrogen) atoms. The van der Waals surface area contributed by atoms with E-state index in [0.717, 1.165) is 36.4 Å². The van der Waals surface area contributed by atoms with Crippen molar-refractivity contribution in [1.82, 2.24) is 15.6 Å². The fourth-order valence-electron chi connectivity index (χ4n) is 2.07. The van der Waals surface area contributed by atoms with Crippen LogP contribution in [0.15, 0.2) is 66.4 Å². The van der Waals surface area contributed by atoms with Gasteiger partial charge in [0.05, 0.1) is 18.2 Å². The molecular weight excluding hydrogens is 448 g/mol. The minimum absolute atomic E-state index is 0.210. The molecule has 3 rings (SSSR count). The smallest absolute Gasteiger partial charge is 0.250 e. The van der Waals surface area contributed by atoms with E-state index < -0.39 is 0 Å². The Morgan fingerprint density at radius 3 is 2.79 bits per heavy atom. The molecule has 3 aromatic rings. The first-order valence-electron chi connectivity index (χ1n) is 8.46. The summed E-state index contributed by atoms with van der Waals surface area (Å²) < 4.78 is 6.79. The zero-order valence-corrected chi connectivity index (χ0v) is 18.6. The van der Waals surface area contributed by atoms with Crippen molar-refractivity contribution in [2.45, 2.75) is 21.4 Å². The predicted octanol–water partition coefficient (Wildman–Crippen LogP) is 5.37. The number of carbonyl (C=O) groups is 1. The second-order valence-electron chi connectivity index (χ2n) is 5.70. The number of allylic oxidation sites excluding steroid dienone is 1. The molecule has 0 aliphatic heterocycles. The summed E-state index contributed by atoms with van der Waals surface area (Å²) in [7, 11) is 0. The van der Waals surface area contributed by atoms with Crippen LogP contribution in [-0.4, -0.2) is 28.1 Å². The summed E-state index contributed by atoms with van der Waals surface area (Å²) in [5.74, 6) is 1.45. The number of halogens is 1. The minimum atomic E-state index is -0.211. The molecule has 0 bridgehead atoms. The van der Waals surface area contributed by atoms with E-state index in [2.05, 4.69) is 20.7 Å². The molecule has 0 fully saturated rings. The SMILES string of the molecule is CC(C=NNC(=O)CSc1nnc(SCc2ccccc2Cl)s1)=Cc1ccco1. The number of hydrogen-bond donors (Lipinski definition) is 1. The normalized spacial score (nSPS) is 11.9. The lowest BCUT2D eigenvalue weighted by Crippen LogP contribution is -2.19. The lowest BCUT2D eigenvalue weighted by Gasteiger charge is -2.00. The minimum Gasteiger partial charge on any atom is -0.465 e. The lowest BCUT2D eigenvalue weighted by molar-refractivity contribution is -0.118. The van der Waals surface area contributed by atoms with Crippen molar-refractivity contribution in [1.29, 1.82) is 0 Å². The van der Waals surface area contributed by atoms with Crippen LogP contribution in [0.5, 0.6) is 0 Å². The fourth-order valence-corrected chi connectivity index (χ4v) is 5.17. The number of hydrazone groups is 1. The summed E-state index contributed by atoms with van der Waals surface area (Å²) in [6.45, 7) is 1.87. The molecule has 10 heteroatoms. The summed E-state index contributed by atoms with van der Waals surface area (Å²) in [6, 6.07) is 11.4. The molecule has 0 radical (unpaired) electrons. The molecule has 0 saturated carbocycles. The van der Waals surface area contributed by atoms with Crippen molar-refractivity contribution in [3.05, 3.63) is 64.6 Å². The number of amides is 1. The first kappa shape index (κ1) is 21.6. The van der Waals surface area contributed by atoms with Gasteiger partial charge in [-0.15, -0.1) is 10.2 Å². The molecule has 0 aliphatic rings. The van der Waals surface area contributed by atoms with Crippen molar-refractivity contribution in [3.63, 3.8) is 0 Å². The highest BCUT2D eigenvalue weighted by Gasteiger charge is 2.09. The zero-order chi connectivity index (χ0) is 20.5. The monoisotopic (exact) mass is 464 g/mol. The van der Waals surface area contributed by atoms with Crippen LogP contribution in [0.3, 0.4) is 0 Å². The molecular formula is C19H17ClN4O2S3. The van der Waals surface area contributed by atoms with Crippen molar-refractivity contribution in [3.8, 4) is 0 Å². The van der Waals surface area contributed by atoms with E-state index in [1.807, 2.05) is 49.4 Å². The van der Waals surface area contributed by atoms with Crippen LogP contribution in [0.25, 0.3) is 6.08 Å². The van der Waals surface area contributed by atoms with E-state index in [4.69, 9.17) is 16.0 Å². The maximum absolute atomic E-state index is 11.9. The Morgan fingerprint density at radius 1 is 1.24 bits per heavy atom. The van der Waals surface area contributed by atoms with Crippen LogP contribution >= 0.6 is 46.5 Å². The van der Waals surface area contributed by atoms with Crippen molar-refractivity contribution in [2.75, 3.05) is 5.75 Å². The molecule has 6 nitrogen and oxygen atoms in total. The molecule has 0 atom stereocenters.